The first-order valence-electron chi connectivity index (χ1n) is 6.61. The molecule has 7 heteroatoms. The molecule has 0 amide bonds. The van der Waals surface area contributed by atoms with E-state index in [1.54, 1.807) is 6.92 Å². The maximum Gasteiger partial charge on any atom is 0.291 e. The molecule has 1 heterocycles. The van der Waals surface area contributed by atoms with Crippen molar-refractivity contribution in [2.45, 2.75) is 43.9 Å². The summed E-state index contributed by atoms with van der Waals surface area (Å²) < 4.78 is 0.693. The molecule has 0 radical (unpaired) electrons. The lowest BCUT2D eigenvalue weighted by atomic mass is 9.95. The summed E-state index contributed by atoms with van der Waals surface area (Å²) >= 11 is 5.34. The summed E-state index contributed by atoms with van der Waals surface area (Å²) in [5.74, 6) is 0.708. The molecule has 0 saturated heterocycles. The predicted molar refractivity (Wildman–Crippen MR) is 86.5 cm³/mol. The SMILES string of the molecule is CSC1CCCC(Nc2ncc([N+](=O)[O-])c(C)c2Br)C1. The third-order valence-electron chi connectivity index (χ3n) is 3.73. The number of pyridine rings is 1. The van der Waals surface area contributed by atoms with Crippen molar-refractivity contribution in [2.24, 2.45) is 0 Å². The minimum Gasteiger partial charge on any atom is -0.366 e. The maximum atomic E-state index is 10.9. The van der Waals surface area contributed by atoms with Crippen molar-refractivity contribution in [1.82, 2.24) is 4.98 Å². The molecule has 1 N–H and O–H groups in total. The Kier molecular flexibility index (Phi) is 5.26. The number of rotatable bonds is 4. The van der Waals surface area contributed by atoms with Crippen LogP contribution in [0.3, 0.4) is 0 Å². The molecule has 0 aromatic carbocycles. The Morgan fingerprint density at radius 1 is 1.55 bits per heavy atom. The summed E-state index contributed by atoms with van der Waals surface area (Å²) in [5.41, 5.74) is 0.665. The van der Waals surface area contributed by atoms with Gasteiger partial charge in [0.25, 0.3) is 5.69 Å². The summed E-state index contributed by atoms with van der Waals surface area (Å²) in [7, 11) is 0. The Morgan fingerprint density at radius 3 is 2.95 bits per heavy atom. The van der Waals surface area contributed by atoms with E-state index in [2.05, 4.69) is 32.5 Å². The van der Waals surface area contributed by atoms with Gasteiger partial charge in [0.2, 0.25) is 0 Å². The lowest BCUT2D eigenvalue weighted by Crippen LogP contribution is -2.29. The lowest BCUT2D eigenvalue weighted by Gasteiger charge is -2.29. The highest BCUT2D eigenvalue weighted by atomic mass is 79.9. The average Bonchev–Trinajstić information content (AvgIpc) is 2.44. The zero-order chi connectivity index (χ0) is 14.7. The standard InChI is InChI=1S/C13H18BrN3O2S/c1-8-11(17(18)19)7-15-13(12(8)14)16-9-4-3-5-10(6-9)20-2/h7,9-10H,3-6H2,1-2H3,(H,15,16). The zero-order valence-electron chi connectivity index (χ0n) is 11.6. The van der Waals surface area contributed by atoms with Gasteiger partial charge in [-0.1, -0.05) is 6.42 Å². The second-order valence-corrected chi connectivity index (χ2v) is 6.98. The summed E-state index contributed by atoms with van der Waals surface area (Å²) in [6.07, 6.45) is 8.21. The van der Waals surface area contributed by atoms with Gasteiger partial charge in [-0.2, -0.15) is 11.8 Å². The number of nitrogens with one attached hydrogen (secondary N) is 1. The first kappa shape index (κ1) is 15.6. The summed E-state index contributed by atoms with van der Waals surface area (Å²) in [6, 6.07) is 0.394. The molecule has 1 aromatic heterocycles. The van der Waals surface area contributed by atoms with Crippen LogP contribution in [0.1, 0.15) is 31.2 Å². The van der Waals surface area contributed by atoms with E-state index in [1.807, 2.05) is 11.8 Å². The van der Waals surface area contributed by atoms with E-state index in [-0.39, 0.29) is 5.69 Å². The molecular formula is C13H18BrN3O2S. The lowest BCUT2D eigenvalue weighted by molar-refractivity contribution is -0.385. The molecule has 5 nitrogen and oxygen atoms in total. The van der Waals surface area contributed by atoms with Crippen LogP contribution in [0.4, 0.5) is 11.5 Å². The van der Waals surface area contributed by atoms with E-state index < -0.39 is 4.92 Å². The highest BCUT2D eigenvalue weighted by molar-refractivity contribution is 9.10. The molecule has 2 unspecified atom stereocenters. The van der Waals surface area contributed by atoms with Crippen molar-refractivity contribution >= 4 is 39.2 Å². The molecule has 1 aliphatic rings. The monoisotopic (exact) mass is 359 g/mol. The van der Waals surface area contributed by atoms with E-state index in [0.717, 1.165) is 12.8 Å². The molecule has 0 spiro atoms. The van der Waals surface area contributed by atoms with Crippen molar-refractivity contribution in [2.75, 3.05) is 11.6 Å². The van der Waals surface area contributed by atoms with Crippen LogP contribution in [0.2, 0.25) is 0 Å². The molecule has 110 valence electrons. The van der Waals surface area contributed by atoms with E-state index >= 15 is 0 Å². The van der Waals surface area contributed by atoms with Gasteiger partial charge in [0.05, 0.1) is 9.40 Å². The van der Waals surface area contributed by atoms with Crippen LogP contribution in [-0.4, -0.2) is 27.5 Å². The third-order valence-corrected chi connectivity index (χ3v) is 5.80. The van der Waals surface area contributed by atoms with Crippen LogP contribution in [0.5, 0.6) is 0 Å². The van der Waals surface area contributed by atoms with E-state index in [0.29, 0.717) is 27.1 Å². The Morgan fingerprint density at radius 2 is 2.30 bits per heavy atom. The largest absolute Gasteiger partial charge is 0.366 e. The van der Waals surface area contributed by atoms with Crippen molar-refractivity contribution in [3.8, 4) is 0 Å². The van der Waals surface area contributed by atoms with Gasteiger partial charge >= 0.3 is 0 Å². The van der Waals surface area contributed by atoms with Crippen LogP contribution in [0, 0.1) is 17.0 Å². The molecule has 0 bridgehead atoms. The van der Waals surface area contributed by atoms with Gasteiger partial charge in [0.1, 0.15) is 12.0 Å². The minimum atomic E-state index is -0.402. The van der Waals surface area contributed by atoms with E-state index in [1.165, 1.54) is 19.0 Å². The Labute approximate surface area is 131 Å². The molecule has 1 fully saturated rings. The van der Waals surface area contributed by atoms with Crippen LogP contribution < -0.4 is 5.32 Å². The molecule has 1 saturated carbocycles. The first-order valence-corrected chi connectivity index (χ1v) is 8.69. The van der Waals surface area contributed by atoms with Crippen LogP contribution in [0.15, 0.2) is 10.7 Å². The average molecular weight is 360 g/mol. The Balaban J connectivity index is 2.14. The van der Waals surface area contributed by atoms with Gasteiger partial charge in [0.15, 0.2) is 0 Å². The molecule has 2 rings (SSSR count). The number of hydrogen-bond donors (Lipinski definition) is 1. The predicted octanol–water partition coefficient (Wildman–Crippen LogP) is 4.15. The van der Waals surface area contributed by atoms with E-state index in [9.17, 15) is 10.1 Å². The molecule has 1 aliphatic carbocycles. The van der Waals surface area contributed by atoms with Gasteiger partial charge < -0.3 is 5.32 Å². The van der Waals surface area contributed by atoms with Gasteiger partial charge in [0, 0.05) is 16.9 Å². The molecular weight excluding hydrogens is 342 g/mol. The van der Waals surface area contributed by atoms with E-state index in [4.69, 9.17) is 0 Å². The Bertz CT molecular complexity index is 513. The second kappa shape index (κ2) is 6.76. The fraction of sp³-hybridized carbons (Fsp3) is 0.615. The molecule has 2 atom stereocenters. The number of hydrogen-bond acceptors (Lipinski definition) is 5. The third kappa shape index (κ3) is 3.44. The highest BCUT2D eigenvalue weighted by Crippen LogP contribution is 2.33. The number of anilines is 1. The number of nitrogens with zero attached hydrogens (tertiary/aromatic N) is 2. The van der Waals surface area contributed by atoms with Crippen molar-refractivity contribution < 1.29 is 4.92 Å². The highest BCUT2D eigenvalue weighted by Gasteiger charge is 2.23. The van der Waals surface area contributed by atoms with Crippen LogP contribution in [0.25, 0.3) is 0 Å². The second-order valence-electron chi connectivity index (χ2n) is 5.05. The summed E-state index contributed by atoms with van der Waals surface area (Å²) in [5, 5.41) is 15.0. The Hall–Kier alpha value is -0.820. The van der Waals surface area contributed by atoms with Gasteiger partial charge in [-0.25, -0.2) is 4.98 Å². The summed E-state index contributed by atoms with van der Waals surface area (Å²) in [6.45, 7) is 1.74. The smallest absolute Gasteiger partial charge is 0.291 e. The maximum absolute atomic E-state index is 10.9. The first-order chi connectivity index (χ1) is 9.52. The van der Waals surface area contributed by atoms with Gasteiger partial charge in [-0.05, 0) is 48.4 Å². The number of aromatic nitrogens is 1. The number of thioether (sulfide) groups is 1. The van der Waals surface area contributed by atoms with Gasteiger partial charge in [-0.15, -0.1) is 0 Å². The van der Waals surface area contributed by atoms with Crippen LogP contribution in [-0.2, 0) is 0 Å². The summed E-state index contributed by atoms with van der Waals surface area (Å²) in [4.78, 5) is 14.7. The normalized spacial score (nSPS) is 22.6. The van der Waals surface area contributed by atoms with Gasteiger partial charge in [-0.3, -0.25) is 10.1 Å². The zero-order valence-corrected chi connectivity index (χ0v) is 14.0. The fourth-order valence-corrected chi connectivity index (χ4v) is 3.78. The molecule has 1 aromatic rings. The van der Waals surface area contributed by atoms with Crippen LogP contribution >= 0.6 is 27.7 Å². The topological polar surface area (TPSA) is 68.1 Å². The van der Waals surface area contributed by atoms with Crippen molar-refractivity contribution in [3.63, 3.8) is 0 Å². The number of halogens is 1. The molecule has 0 aliphatic heterocycles. The van der Waals surface area contributed by atoms with Crippen molar-refractivity contribution in [1.29, 1.82) is 0 Å². The quantitative estimate of drug-likeness (QED) is 0.645. The number of nitro groups is 1. The minimum absolute atomic E-state index is 0.0491. The fourth-order valence-electron chi connectivity index (χ4n) is 2.54. The van der Waals surface area contributed by atoms with Crippen molar-refractivity contribution in [3.05, 3.63) is 26.3 Å². The molecule has 20 heavy (non-hydrogen) atoms.